The minimum atomic E-state index is -0.620. The predicted molar refractivity (Wildman–Crippen MR) is 212 cm³/mol. The molecule has 1 heterocycles. The summed E-state index contributed by atoms with van der Waals surface area (Å²) in [6.45, 7) is 6.69. The van der Waals surface area contributed by atoms with E-state index in [1.54, 1.807) is 20.3 Å². The molecule has 0 N–H and O–H groups in total. The Morgan fingerprint density at radius 3 is 1.65 bits per heavy atom. The molecule has 1 aliphatic rings. The summed E-state index contributed by atoms with van der Waals surface area (Å²) < 4.78 is 11.0. The maximum atomic E-state index is 14.5. The van der Waals surface area contributed by atoms with Crippen molar-refractivity contribution in [2.45, 2.75) is 43.6 Å². The molecule has 4 nitrogen and oxygen atoms in total. The third-order valence-corrected chi connectivity index (χ3v) is 10.7. The number of benzene rings is 6. The Morgan fingerprint density at radius 2 is 1.13 bits per heavy atom. The van der Waals surface area contributed by atoms with Gasteiger partial charge in [0.05, 0.1) is 19.6 Å². The lowest BCUT2D eigenvalue weighted by molar-refractivity contribution is -0.115. The number of ether oxygens (including phenoxy) is 2. The van der Waals surface area contributed by atoms with E-state index in [1.165, 1.54) is 22.3 Å². The molecule has 1 aliphatic heterocycles. The van der Waals surface area contributed by atoms with Crippen molar-refractivity contribution >= 4 is 17.7 Å². The zero-order valence-corrected chi connectivity index (χ0v) is 30.5. The first-order chi connectivity index (χ1) is 25.2. The number of fused-ring (bicyclic) bond motifs is 1. The highest BCUT2D eigenvalue weighted by atomic mass is 16.5. The molecule has 260 valence electrons. The molecule has 0 aliphatic carbocycles. The van der Waals surface area contributed by atoms with Crippen LogP contribution in [-0.4, -0.2) is 25.7 Å². The summed E-state index contributed by atoms with van der Waals surface area (Å²) in [6.07, 6.45) is 4.25. The zero-order valence-electron chi connectivity index (χ0n) is 30.5. The minimum absolute atomic E-state index is 0.0793. The molecular formula is C48H45NO3. The highest BCUT2D eigenvalue weighted by molar-refractivity contribution is 6.06. The highest BCUT2D eigenvalue weighted by Gasteiger charge is 2.49. The number of carbonyl (C=O) groups is 1. The van der Waals surface area contributed by atoms with Gasteiger partial charge in [-0.25, -0.2) is 0 Å². The van der Waals surface area contributed by atoms with Gasteiger partial charge in [-0.15, -0.1) is 0 Å². The molecule has 1 atom stereocenters. The lowest BCUT2D eigenvalue weighted by Gasteiger charge is -2.51. The molecule has 7 rings (SSSR count). The maximum Gasteiger partial charge on any atom is 0.251 e. The molecule has 0 radical (unpaired) electrons. The number of amides is 1. The van der Waals surface area contributed by atoms with Gasteiger partial charge >= 0.3 is 0 Å². The van der Waals surface area contributed by atoms with E-state index >= 15 is 0 Å². The Balaban J connectivity index is 1.46. The van der Waals surface area contributed by atoms with Gasteiger partial charge in [0, 0.05) is 22.7 Å². The topological polar surface area (TPSA) is 38.8 Å². The van der Waals surface area contributed by atoms with Crippen molar-refractivity contribution in [2.75, 3.05) is 19.1 Å². The smallest absolute Gasteiger partial charge is 0.251 e. The molecule has 1 amide bonds. The molecule has 0 unspecified atom stereocenters. The van der Waals surface area contributed by atoms with Crippen molar-refractivity contribution in [3.63, 3.8) is 0 Å². The summed E-state index contributed by atoms with van der Waals surface area (Å²) in [5.74, 6) is 1.18. The van der Waals surface area contributed by atoms with Crippen LogP contribution in [0.2, 0.25) is 0 Å². The lowest BCUT2D eigenvalue weighted by Crippen LogP contribution is -2.55. The van der Waals surface area contributed by atoms with E-state index in [0.29, 0.717) is 11.5 Å². The van der Waals surface area contributed by atoms with E-state index in [0.717, 1.165) is 28.8 Å². The van der Waals surface area contributed by atoms with Gasteiger partial charge < -0.3 is 14.4 Å². The number of anilines is 1. The first-order valence-corrected chi connectivity index (χ1v) is 17.8. The molecule has 0 bridgehead atoms. The van der Waals surface area contributed by atoms with Gasteiger partial charge in [-0.3, -0.25) is 4.79 Å². The molecule has 6 aromatic rings. The summed E-state index contributed by atoms with van der Waals surface area (Å²) in [5, 5.41) is 0. The number of carbonyl (C=O) groups excluding carboxylic acids is 1. The van der Waals surface area contributed by atoms with Crippen LogP contribution in [-0.2, 0) is 15.6 Å². The average Bonchev–Trinajstić information content (AvgIpc) is 3.18. The van der Waals surface area contributed by atoms with Crippen LogP contribution in [0.3, 0.4) is 0 Å². The second-order valence-corrected chi connectivity index (χ2v) is 14.4. The molecule has 0 saturated heterocycles. The van der Waals surface area contributed by atoms with Crippen molar-refractivity contribution in [1.82, 2.24) is 0 Å². The van der Waals surface area contributed by atoms with E-state index in [-0.39, 0.29) is 5.91 Å². The first-order valence-electron chi connectivity index (χ1n) is 17.8. The second kappa shape index (κ2) is 14.0. The van der Waals surface area contributed by atoms with E-state index in [2.05, 4.69) is 160 Å². The SMILES string of the molecule is COc1ccc(/C=C/C(=O)N2c3ccc(C(c4ccccc4)(c4ccccc4)c4ccccc4)cc3[C@](C)(c3ccccc3)CC2(C)C)cc1OC. The largest absolute Gasteiger partial charge is 0.493 e. The van der Waals surface area contributed by atoms with Crippen LogP contribution in [0.5, 0.6) is 11.5 Å². The van der Waals surface area contributed by atoms with Crippen molar-refractivity contribution in [3.05, 3.63) is 203 Å². The monoisotopic (exact) mass is 683 g/mol. The van der Waals surface area contributed by atoms with Gasteiger partial charge in [0.2, 0.25) is 0 Å². The van der Waals surface area contributed by atoms with Crippen LogP contribution in [0, 0.1) is 0 Å². The Kier molecular flexibility index (Phi) is 9.33. The van der Waals surface area contributed by atoms with Crippen molar-refractivity contribution in [1.29, 1.82) is 0 Å². The van der Waals surface area contributed by atoms with Crippen LogP contribution >= 0.6 is 0 Å². The van der Waals surface area contributed by atoms with E-state index in [9.17, 15) is 4.79 Å². The van der Waals surface area contributed by atoms with Crippen molar-refractivity contribution < 1.29 is 14.3 Å². The Bertz CT molecular complexity index is 2100. The number of hydrogen-bond acceptors (Lipinski definition) is 3. The molecule has 0 fully saturated rings. The van der Waals surface area contributed by atoms with Crippen LogP contribution in [0.4, 0.5) is 5.69 Å². The molecule has 4 heteroatoms. The summed E-state index contributed by atoms with van der Waals surface area (Å²) in [4.78, 5) is 16.5. The third kappa shape index (κ3) is 5.98. The van der Waals surface area contributed by atoms with Crippen LogP contribution < -0.4 is 14.4 Å². The van der Waals surface area contributed by atoms with Gasteiger partial charge in [-0.1, -0.05) is 146 Å². The Hall–Kier alpha value is -5.87. The van der Waals surface area contributed by atoms with Gasteiger partial charge in [-0.2, -0.15) is 0 Å². The number of methoxy groups -OCH3 is 2. The van der Waals surface area contributed by atoms with Gasteiger partial charge in [0.1, 0.15) is 0 Å². The van der Waals surface area contributed by atoms with Crippen LogP contribution in [0.15, 0.2) is 164 Å². The quantitative estimate of drug-likeness (QED) is 0.112. The highest BCUT2D eigenvalue weighted by Crippen LogP contribution is 2.53. The predicted octanol–water partition coefficient (Wildman–Crippen LogP) is 10.6. The summed E-state index contributed by atoms with van der Waals surface area (Å²) >= 11 is 0. The molecule has 0 aromatic heterocycles. The van der Waals surface area contributed by atoms with E-state index in [1.807, 2.05) is 29.2 Å². The molecular weight excluding hydrogens is 639 g/mol. The number of nitrogens with zero attached hydrogens (tertiary/aromatic N) is 1. The summed E-state index contributed by atoms with van der Waals surface area (Å²) in [7, 11) is 3.23. The van der Waals surface area contributed by atoms with Crippen LogP contribution in [0.25, 0.3) is 6.08 Å². The third-order valence-electron chi connectivity index (χ3n) is 10.7. The molecule has 52 heavy (non-hydrogen) atoms. The average molecular weight is 684 g/mol. The summed E-state index contributed by atoms with van der Waals surface area (Å²) in [6, 6.07) is 55.5. The van der Waals surface area contributed by atoms with Gasteiger partial charge in [0.15, 0.2) is 11.5 Å². The fraction of sp³-hybridized carbons (Fsp3) is 0.188. The molecule has 6 aromatic carbocycles. The van der Waals surface area contributed by atoms with Gasteiger partial charge in [0.25, 0.3) is 5.91 Å². The Labute approximate surface area is 308 Å². The molecule has 0 saturated carbocycles. The van der Waals surface area contributed by atoms with Crippen molar-refractivity contribution in [2.24, 2.45) is 0 Å². The number of rotatable bonds is 9. The second-order valence-electron chi connectivity index (χ2n) is 14.4. The standard InChI is InChI=1S/C48H45NO3/c1-46(2)34-47(3,36-18-10-6-11-19-36)41-33-40(28-29-42(41)49(46)45(50)31-27-35-26-30-43(51-4)44(32-35)52-5)48(37-20-12-7-13-21-37,38-22-14-8-15-23-38)39-24-16-9-17-25-39/h6-33H,34H2,1-5H3/b31-27+/t47-/m0/s1. The fourth-order valence-corrected chi connectivity index (χ4v) is 8.52. The number of hydrogen-bond donors (Lipinski definition) is 0. The summed E-state index contributed by atoms with van der Waals surface area (Å²) in [5.41, 5.74) is 7.26. The van der Waals surface area contributed by atoms with E-state index < -0.39 is 16.4 Å². The van der Waals surface area contributed by atoms with Crippen LogP contribution in [0.1, 0.15) is 66.1 Å². The Morgan fingerprint density at radius 1 is 0.615 bits per heavy atom. The maximum absolute atomic E-state index is 14.5. The van der Waals surface area contributed by atoms with Gasteiger partial charge in [-0.05, 0) is 83.5 Å². The normalized spacial score (nSPS) is 16.7. The minimum Gasteiger partial charge on any atom is -0.493 e. The van der Waals surface area contributed by atoms with E-state index in [4.69, 9.17) is 9.47 Å². The molecule has 0 spiro atoms. The lowest BCUT2D eigenvalue weighted by atomic mass is 9.61. The fourth-order valence-electron chi connectivity index (χ4n) is 8.52. The first kappa shape index (κ1) is 34.6. The zero-order chi connectivity index (χ0) is 36.3. The van der Waals surface area contributed by atoms with Crippen molar-refractivity contribution in [3.8, 4) is 11.5 Å².